The molecule has 5 nitrogen and oxygen atoms in total. The average Bonchev–Trinajstić information content (AvgIpc) is 2.79. The summed E-state index contributed by atoms with van der Waals surface area (Å²) in [6.45, 7) is 5.82. The van der Waals surface area contributed by atoms with Crippen molar-refractivity contribution in [1.29, 1.82) is 0 Å². The number of urea groups is 1. The second-order valence-corrected chi connectivity index (χ2v) is 5.50. The van der Waals surface area contributed by atoms with Crippen molar-refractivity contribution in [1.82, 2.24) is 10.2 Å². The quantitative estimate of drug-likeness (QED) is 0.842. The standard InChI is InChI=1S/C13H20N2O3S/c1-4-10-5-6-19-11(10)7-14-13(18)15(9(2)3)8-12(16)17/h5-6,9H,4,7-8H2,1-3H3,(H,14,18)(H,16,17). The highest BCUT2D eigenvalue weighted by atomic mass is 32.1. The van der Waals surface area contributed by atoms with Crippen LogP contribution in [0.2, 0.25) is 0 Å². The number of carbonyl (C=O) groups excluding carboxylic acids is 1. The summed E-state index contributed by atoms with van der Waals surface area (Å²) in [6.07, 6.45) is 0.928. The number of aryl methyl sites for hydroxylation is 1. The van der Waals surface area contributed by atoms with Gasteiger partial charge in [0.2, 0.25) is 0 Å². The molecule has 2 N–H and O–H groups in total. The van der Waals surface area contributed by atoms with Gasteiger partial charge in [0.1, 0.15) is 6.54 Å². The summed E-state index contributed by atoms with van der Waals surface area (Å²) in [7, 11) is 0. The van der Waals surface area contributed by atoms with Crippen molar-refractivity contribution in [2.75, 3.05) is 6.54 Å². The van der Waals surface area contributed by atoms with E-state index in [0.717, 1.165) is 11.3 Å². The van der Waals surface area contributed by atoms with E-state index in [9.17, 15) is 9.59 Å². The fraction of sp³-hybridized carbons (Fsp3) is 0.538. The van der Waals surface area contributed by atoms with Gasteiger partial charge in [0.15, 0.2) is 0 Å². The maximum absolute atomic E-state index is 12.0. The number of hydrogen-bond donors (Lipinski definition) is 2. The summed E-state index contributed by atoms with van der Waals surface area (Å²) in [5, 5.41) is 13.6. The van der Waals surface area contributed by atoms with Crippen LogP contribution in [0, 0.1) is 0 Å². The van der Waals surface area contributed by atoms with Gasteiger partial charge in [-0.2, -0.15) is 0 Å². The van der Waals surface area contributed by atoms with Crippen LogP contribution in [-0.2, 0) is 17.8 Å². The summed E-state index contributed by atoms with van der Waals surface area (Å²) in [5.41, 5.74) is 1.22. The monoisotopic (exact) mass is 284 g/mol. The fourth-order valence-corrected chi connectivity index (χ4v) is 2.65. The Kier molecular flexibility index (Phi) is 5.82. The molecule has 0 bridgehead atoms. The van der Waals surface area contributed by atoms with Gasteiger partial charge in [-0.25, -0.2) is 4.79 Å². The van der Waals surface area contributed by atoms with Gasteiger partial charge < -0.3 is 15.3 Å². The van der Waals surface area contributed by atoms with E-state index in [1.165, 1.54) is 10.5 Å². The molecule has 0 unspecified atom stereocenters. The number of nitrogens with zero attached hydrogens (tertiary/aromatic N) is 1. The highest BCUT2D eigenvalue weighted by Gasteiger charge is 2.19. The van der Waals surface area contributed by atoms with Crippen molar-refractivity contribution >= 4 is 23.3 Å². The lowest BCUT2D eigenvalue weighted by atomic mass is 10.2. The Hall–Kier alpha value is -1.56. The van der Waals surface area contributed by atoms with Crippen LogP contribution in [0.5, 0.6) is 0 Å². The molecule has 0 aromatic carbocycles. The van der Waals surface area contributed by atoms with Gasteiger partial charge in [-0.1, -0.05) is 6.92 Å². The lowest BCUT2D eigenvalue weighted by Crippen LogP contribution is -2.46. The number of hydrogen-bond acceptors (Lipinski definition) is 3. The second-order valence-electron chi connectivity index (χ2n) is 4.50. The Bertz CT molecular complexity index is 443. The highest BCUT2D eigenvalue weighted by molar-refractivity contribution is 7.10. The summed E-state index contributed by atoms with van der Waals surface area (Å²) in [6, 6.07) is 1.56. The molecule has 2 amide bonds. The third kappa shape index (κ3) is 4.55. The van der Waals surface area contributed by atoms with Crippen molar-refractivity contribution in [3.63, 3.8) is 0 Å². The maximum Gasteiger partial charge on any atom is 0.323 e. The van der Waals surface area contributed by atoms with Crippen LogP contribution in [0.1, 0.15) is 31.2 Å². The molecule has 0 saturated heterocycles. The van der Waals surface area contributed by atoms with Crippen LogP contribution in [0.15, 0.2) is 11.4 Å². The van der Waals surface area contributed by atoms with E-state index in [1.807, 2.05) is 11.4 Å². The molecule has 19 heavy (non-hydrogen) atoms. The summed E-state index contributed by atoms with van der Waals surface area (Å²) in [5.74, 6) is -1.01. The third-order valence-electron chi connectivity index (χ3n) is 2.81. The first-order valence-electron chi connectivity index (χ1n) is 6.27. The number of rotatable bonds is 6. The smallest absolute Gasteiger partial charge is 0.323 e. The van der Waals surface area contributed by atoms with E-state index in [4.69, 9.17) is 5.11 Å². The first-order chi connectivity index (χ1) is 8.95. The van der Waals surface area contributed by atoms with Crippen molar-refractivity contribution in [2.45, 2.75) is 39.8 Å². The molecule has 0 aliphatic rings. The number of amides is 2. The normalized spacial score (nSPS) is 10.5. The van der Waals surface area contributed by atoms with E-state index in [-0.39, 0.29) is 18.6 Å². The molecule has 1 heterocycles. The van der Waals surface area contributed by atoms with E-state index < -0.39 is 5.97 Å². The molecule has 106 valence electrons. The molecule has 0 spiro atoms. The van der Waals surface area contributed by atoms with E-state index in [2.05, 4.69) is 12.2 Å². The number of carboxylic acids is 1. The molecule has 0 atom stereocenters. The van der Waals surface area contributed by atoms with Crippen molar-refractivity contribution in [3.8, 4) is 0 Å². The number of carbonyl (C=O) groups is 2. The van der Waals surface area contributed by atoms with Crippen molar-refractivity contribution in [3.05, 3.63) is 21.9 Å². The van der Waals surface area contributed by atoms with Gasteiger partial charge in [0, 0.05) is 10.9 Å². The minimum absolute atomic E-state index is 0.148. The van der Waals surface area contributed by atoms with Crippen LogP contribution >= 0.6 is 11.3 Å². The SMILES string of the molecule is CCc1ccsc1CNC(=O)N(CC(=O)O)C(C)C. The largest absolute Gasteiger partial charge is 0.480 e. The number of aliphatic carboxylic acids is 1. The van der Waals surface area contributed by atoms with E-state index in [1.54, 1.807) is 25.2 Å². The first kappa shape index (κ1) is 15.5. The highest BCUT2D eigenvalue weighted by Crippen LogP contribution is 2.17. The van der Waals surface area contributed by atoms with Crippen LogP contribution in [0.3, 0.4) is 0 Å². The molecule has 6 heteroatoms. The molecule has 1 rings (SSSR count). The lowest BCUT2D eigenvalue weighted by Gasteiger charge is -2.25. The van der Waals surface area contributed by atoms with Crippen LogP contribution in [0.25, 0.3) is 0 Å². The molecule has 0 aliphatic heterocycles. The Morgan fingerprint density at radius 2 is 2.16 bits per heavy atom. The van der Waals surface area contributed by atoms with Gasteiger partial charge in [0.25, 0.3) is 0 Å². The summed E-state index contributed by atoms with van der Waals surface area (Å²) < 4.78 is 0. The Morgan fingerprint density at radius 1 is 1.47 bits per heavy atom. The molecule has 0 radical (unpaired) electrons. The molecule has 1 aromatic heterocycles. The zero-order chi connectivity index (χ0) is 14.4. The first-order valence-corrected chi connectivity index (χ1v) is 7.15. The van der Waals surface area contributed by atoms with Crippen molar-refractivity contribution in [2.24, 2.45) is 0 Å². The second kappa shape index (κ2) is 7.13. The van der Waals surface area contributed by atoms with Crippen LogP contribution < -0.4 is 5.32 Å². The Morgan fingerprint density at radius 3 is 2.68 bits per heavy atom. The van der Waals surface area contributed by atoms with E-state index >= 15 is 0 Å². The molecule has 0 aliphatic carbocycles. The third-order valence-corrected chi connectivity index (χ3v) is 3.77. The Labute approximate surface area is 117 Å². The summed E-state index contributed by atoms with van der Waals surface area (Å²) in [4.78, 5) is 25.1. The number of nitrogens with one attached hydrogen (secondary N) is 1. The zero-order valence-electron chi connectivity index (χ0n) is 11.5. The van der Waals surface area contributed by atoms with Crippen LogP contribution in [0.4, 0.5) is 4.79 Å². The lowest BCUT2D eigenvalue weighted by molar-refractivity contribution is -0.138. The number of carboxylic acid groups (broad SMARTS) is 1. The maximum atomic E-state index is 12.0. The minimum atomic E-state index is -1.01. The predicted molar refractivity (Wildman–Crippen MR) is 75.4 cm³/mol. The molecule has 0 saturated carbocycles. The van der Waals surface area contributed by atoms with Gasteiger partial charge in [-0.3, -0.25) is 4.79 Å². The topological polar surface area (TPSA) is 69.6 Å². The molecular formula is C13H20N2O3S. The zero-order valence-corrected chi connectivity index (χ0v) is 12.3. The fourth-order valence-electron chi connectivity index (χ4n) is 1.73. The van der Waals surface area contributed by atoms with Gasteiger partial charge >= 0.3 is 12.0 Å². The molecule has 1 aromatic rings. The minimum Gasteiger partial charge on any atom is -0.480 e. The Balaban J connectivity index is 2.60. The number of thiophene rings is 1. The van der Waals surface area contributed by atoms with Gasteiger partial charge in [0.05, 0.1) is 6.54 Å². The van der Waals surface area contributed by atoms with Crippen molar-refractivity contribution < 1.29 is 14.7 Å². The van der Waals surface area contributed by atoms with Gasteiger partial charge in [-0.15, -0.1) is 11.3 Å². The van der Waals surface area contributed by atoms with E-state index in [0.29, 0.717) is 6.54 Å². The molecule has 0 fully saturated rings. The average molecular weight is 284 g/mol. The predicted octanol–water partition coefficient (Wildman–Crippen LogP) is 2.32. The summed E-state index contributed by atoms with van der Waals surface area (Å²) >= 11 is 1.60. The molecular weight excluding hydrogens is 264 g/mol. The van der Waals surface area contributed by atoms with Crippen LogP contribution in [-0.4, -0.2) is 34.6 Å². The van der Waals surface area contributed by atoms with Gasteiger partial charge in [-0.05, 0) is 37.3 Å².